The van der Waals surface area contributed by atoms with Crippen LogP contribution in [0.25, 0.3) is 0 Å². The maximum absolute atomic E-state index is 12.3. The Kier molecular flexibility index (Phi) is 4.71. The van der Waals surface area contributed by atoms with E-state index in [4.69, 9.17) is 0 Å². The van der Waals surface area contributed by atoms with E-state index in [1.165, 1.54) is 29.8 Å². The van der Waals surface area contributed by atoms with E-state index < -0.39 is 5.51 Å². The minimum Gasteiger partial charge on any atom is -0.384 e. The van der Waals surface area contributed by atoms with Gasteiger partial charge in [0.05, 0.1) is 0 Å². The average molecular weight is 352 g/mol. The average Bonchev–Trinajstić information content (AvgIpc) is 2.99. The first-order valence-corrected chi connectivity index (χ1v) is 8.22. The van der Waals surface area contributed by atoms with Crippen LogP contribution in [-0.4, -0.2) is 18.0 Å². The highest BCUT2D eigenvalue weighted by molar-refractivity contribution is 8.00. The van der Waals surface area contributed by atoms with Crippen molar-refractivity contribution in [2.24, 2.45) is 0 Å². The Morgan fingerprint density at radius 2 is 1.92 bits per heavy atom. The number of halogens is 3. The summed E-state index contributed by atoms with van der Waals surface area (Å²) in [6.45, 7) is 1.30. The largest absolute Gasteiger partial charge is 0.446 e. The van der Waals surface area contributed by atoms with Crippen molar-refractivity contribution in [2.75, 3.05) is 11.9 Å². The first kappa shape index (κ1) is 16.7. The van der Waals surface area contributed by atoms with Gasteiger partial charge in [0.25, 0.3) is 5.91 Å². The molecule has 1 aliphatic rings. The number of nitrogens with one attached hydrogen (secondary N) is 2. The second-order valence-electron chi connectivity index (χ2n) is 5.42. The monoisotopic (exact) mass is 352 g/mol. The number of amides is 1. The zero-order valence-electron chi connectivity index (χ0n) is 12.6. The lowest BCUT2D eigenvalue weighted by Crippen LogP contribution is -2.22. The third-order valence-electron chi connectivity index (χ3n) is 3.68. The standard InChI is InChI=1S/C17H15F3N2OS/c18-17(19,20)24-14-4-2-12(3-5-14)16(23)22-10-11-1-6-15-13(9-11)7-8-21-15/h1-6,9,21H,7-8,10H2,(H,22,23). The molecule has 2 N–H and O–H groups in total. The minimum absolute atomic E-state index is 0.0603. The molecule has 1 amide bonds. The van der Waals surface area contributed by atoms with Gasteiger partial charge in [-0.2, -0.15) is 13.2 Å². The molecule has 0 aromatic heterocycles. The van der Waals surface area contributed by atoms with Crippen molar-refractivity contribution in [1.29, 1.82) is 0 Å². The molecule has 7 heteroatoms. The summed E-state index contributed by atoms with van der Waals surface area (Å²) in [4.78, 5) is 12.2. The van der Waals surface area contributed by atoms with Crippen LogP contribution in [0.3, 0.4) is 0 Å². The number of fused-ring (bicyclic) bond motifs is 1. The molecule has 0 unspecified atom stereocenters. The van der Waals surface area contributed by atoms with E-state index in [-0.39, 0.29) is 22.6 Å². The number of rotatable bonds is 4. The summed E-state index contributed by atoms with van der Waals surface area (Å²) in [5, 5.41) is 6.06. The molecule has 3 nitrogen and oxygen atoms in total. The first-order valence-electron chi connectivity index (χ1n) is 7.40. The first-order chi connectivity index (χ1) is 11.4. The third-order valence-corrected chi connectivity index (χ3v) is 4.42. The zero-order valence-corrected chi connectivity index (χ0v) is 13.4. The van der Waals surface area contributed by atoms with E-state index >= 15 is 0 Å². The lowest BCUT2D eigenvalue weighted by Gasteiger charge is -2.09. The molecule has 0 atom stereocenters. The van der Waals surface area contributed by atoms with Gasteiger partial charge in [-0.25, -0.2) is 0 Å². The highest BCUT2D eigenvalue weighted by atomic mass is 32.2. The topological polar surface area (TPSA) is 41.1 Å². The summed E-state index contributed by atoms with van der Waals surface area (Å²) in [5.41, 5.74) is -0.635. The highest BCUT2D eigenvalue weighted by Crippen LogP contribution is 2.36. The van der Waals surface area contributed by atoms with Crippen LogP contribution in [0, 0.1) is 0 Å². The van der Waals surface area contributed by atoms with Crippen LogP contribution in [0.15, 0.2) is 47.4 Å². The van der Waals surface area contributed by atoms with Gasteiger partial charge in [-0.15, -0.1) is 0 Å². The van der Waals surface area contributed by atoms with Gasteiger partial charge in [-0.1, -0.05) is 12.1 Å². The number of hydrogen-bond donors (Lipinski definition) is 2. The molecule has 24 heavy (non-hydrogen) atoms. The van der Waals surface area contributed by atoms with Crippen molar-refractivity contribution >= 4 is 23.4 Å². The van der Waals surface area contributed by atoms with Crippen LogP contribution >= 0.6 is 11.8 Å². The van der Waals surface area contributed by atoms with Crippen molar-refractivity contribution in [3.8, 4) is 0 Å². The van der Waals surface area contributed by atoms with Gasteiger partial charge in [0.1, 0.15) is 0 Å². The molecular formula is C17H15F3N2OS. The second-order valence-corrected chi connectivity index (χ2v) is 6.56. The fourth-order valence-corrected chi connectivity index (χ4v) is 3.10. The van der Waals surface area contributed by atoms with Crippen LogP contribution in [-0.2, 0) is 13.0 Å². The molecule has 0 radical (unpaired) electrons. The van der Waals surface area contributed by atoms with E-state index in [1.807, 2.05) is 12.1 Å². The number of anilines is 1. The maximum atomic E-state index is 12.3. The minimum atomic E-state index is -4.33. The summed E-state index contributed by atoms with van der Waals surface area (Å²) in [7, 11) is 0. The van der Waals surface area contributed by atoms with E-state index in [2.05, 4.69) is 16.7 Å². The van der Waals surface area contributed by atoms with Gasteiger partial charge >= 0.3 is 5.51 Å². The van der Waals surface area contributed by atoms with Crippen LogP contribution in [0.2, 0.25) is 0 Å². The van der Waals surface area contributed by atoms with E-state index in [0.717, 1.165) is 24.2 Å². The van der Waals surface area contributed by atoms with Crippen LogP contribution in [0.4, 0.5) is 18.9 Å². The van der Waals surface area contributed by atoms with E-state index in [1.54, 1.807) is 0 Å². The molecule has 0 aliphatic carbocycles. The molecule has 2 aromatic carbocycles. The number of carbonyl (C=O) groups excluding carboxylic acids is 1. The normalized spacial score (nSPS) is 13.3. The van der Waals surface area contributed by atoms with Crippen LogP contribution < -0.4 is 10.6 Å². The highest BCUT2D eigenvalue weighted by Gasteiger charge is 2.29. The molecule has 0 fully saturated rings. The summed E-state index contributed by atoms with van der Waals surface area (Å²) in [6.07, 6.45) is 0.968. The summed E-state index contributed by atoms with van der Waals surface area (Å²) < 4.78 is 36.8. The third kappa shape index (κ3) is 4.23. The Hall–Kier alpha value is -2.15. The van der Waals surface area contributed by atoms with Crippen molar-refractivity contribution in [1.82, 2.24) is 5.32 Å². The van der Waals surface area contributed by atoms with Gasteiger partial charge in [-0.3, -0.25) is 4.79 Å². The lowest BCUT2D eigenvalue weighted by atomic mass is 10.1. The van der Waals surface area contributed by atoms with Crippen molar-refractivity contribution in [3.63, 3.8) is 0 Å². The van der Waals surface area contributed by atoms with E-state index in [9.17, 15) is 18.0 Å². The molecule has 0 bridgehead atoms. The van der Waals surface area contributed by atoms with Gasteiger partial charge in [0, 0.05) is 29.2 Å². The van der Waals surface area contributed by atoms with Gasteiger partial charge < -0.3 is 10.6 Å². The number of benzene rings is 2. The molecule has 0 saturated carbocycles. The number of thioether (sulfide) groups is 1. The second kappa shape index (κ2) is 6.76. The van der Waals surface area contributed by atoms with Crippen molar-refractivity contribution < 1.29 is 18.0 Å². The molecule has 126 valence electrons. The van der Waals surface area contributed by atoms with Crippen LogP contribution in [0.5, 0.6) is 0 Å². The Morgan fingerprint density at radius 3 is 2.62 bits per heavy atom. The Morgan fingerprint density at radius 1 is 1.17 bits per heavy atom. The van der Waals surface area contributed by atoms with Gasteiger partial charge in [-0.05, 0) is 59.6 Å². The molecular weight excluding hydrogens is 337 g/mol. The number of carbonyl (C=O) groups is 1. The molecule has 2 aromatic rings. The zero-order chi connectivity index (χ0) is 17.2. The van der Waals surface area contributed by atoms with Crippen molar-refractivity contribution in [3.05, 3.63) is 59.2 Å². The smallest absolute Gasteiger partial charge is 0.384 e. The van der Waals surface area contributed by atoms with Crippen molar-refractivity contribution in [2.45, 2.75) is 23.4 Å². The predicted octanol–water partition coefficient (Wildman–Crippen LogP) is 4.20. The van der Waals surface area contributed by atoms with Crippen LogP contribution in [0.1, 0.15) is 21.5 Å². The summed E-state index contributed by atoms with van der Waals surface area (Å²) in [5.74, 6) is -0.308. The molecule has 1 heterocycles. The summed E-state index contributed by atoms with van der Waals surface area (Å²) in [6, 6.07) is 11.4. The fraction of sp³-hybridized carbons (Fsp3) is 0.235. The number of alkyl halides is 3. The Labute approximate surface area is 141 Å². The fourth-order valence-electron chi connectivity index (χ4n) is 2.56. The predicted molar refractivity (Wildman–Crippen MR) is 88.2 cm³/mol. The SMILES string of the molecule is O=C(NCc1ccc2c(c1)CCN2)c1ccc(SC(F)(F)F)cc1. The molecule has 0 saturated heterocycles. The molecule has 0 spiro atoms. The van der Waals surface area contributed by atoms with Gasteiger partial charge in [0.2, 0.25) is 0 Å². The lowest BCUT2D eigenvalue weighted by molar-refractivity contribution is -0.0328. The molecule has 3 rings (SSSR count). The number of hydrogen-bond acceptors (Lipinski definition) is 3. The van der Waals surface area contributed by atoms with E-state index in [0.29, 0.717) is 12.1 Å². The molecule has 1 aliphatic heterocycles. The Balaban J connectivity index is 1.59. The van der Waals surface area contributed by atoms with Gasteiger partial charge in [0.15, 0.2) is 0 Å². The quantitative estimate of drug-likeness (QED) is 0.811. The summed E-state index contributed by atoms with van der Waals surface area (Å²) >= 11 is -0.195. The Bertz CT molecular complexity index is 744. The maximum Gasteiger partial charge on any atom is 0.446 e.